The van der Waals surface area contributed by atoms with Gasteiger partial charge in [-0.1, -0.05) is 60.1 Å². The molecule has 1 aromatic heterocycles. The number of hydrogen-bond donors (Lipinski definition) is 1. The first-order valence-electron chi connectivity index (χ1n) is 8.39. The van der Waals surface area contributed by atoms with Gasteiger partial charge in [0.15, 0.2) is 4.34 Å². The van der Waals surface area contributed by atoms with Gasteiger partial charge in [0.25, 0.3) is 0 Å². The van der Waals surface area contributed by atoms with Crippen LogP contribution in [0.25, 0.3) is 0 Å². The van der Waals surface area contributed by atoms with Crippen molar-refractivity contribution in [2.24, 2.45) is 0 Å². The van der Waals surface area contributed by atoms with Crippen molar-refractivity contribution in [3.63, 3.8) is 0 Å². The number of nitrogens with zero attached hydrogens (tertiary/aromatic N) is 3. The highest BCUT2D eigenvalue weighted by molar-refractivity contribution is 8.01. The predicted molar refractivity (Wildman–Crippen MR) is 117 cm³/mol. The monoisotopic (exact) mass is 482 g/mol. The first-order valence-corrected chi connectivity index (χ1v) is 12.8. The second-order valence-electron chi connectivity index (χ2n) is 5.79. The minimum atomic E-state index is -3.82. The lowest BCUT2D eigenvalue weighted by atomic mass is 10.2. The molecule has 0 saturated heterocycles. The Labute approximate surface area is 182 Å². The number of amides is 1. The van der Waals surface area contributed by atoms with Gasteiger partial charge in [-0.2, -0.15) is 0 Å². The van der Waals surface area contributed by atoms with Crippen molar-refractivity contribution in [3.8, 4) is 0 Å². The van der Waals surface area contributed by atoms with E-state index in [0.29, 0.717) is 10.2 Å². The van der Waals surface area contributed by atoms with Gasteiger partial charge in [0.1, 0.15) is 6.04 Å². The van der Waals surface area contributed by atoms with Gasteiger partial charge in [0.2, 0.25) is 21.1 Å². The van der Waals surface area contributed by atoms with E-state index in [2.05, 4.69) is 22.4 Å². The fourth-order valence-electron chi connectivity index (χ4n) is 2.39. The van der Waals surface area contributed by atoms with Crippen LogP contribution >= 0.6 is 46.3 Å². The molecule has 2 aromatic rings. The highest BCUT2D eigenvalue weighted by Gasteiger charge is 2.33. The van der Waals surface area contributed by atoms with E-state index in [1.807, 2.05) is 0 Å². The Kier molecular flexibility index (Phi) is 8.38. The van der Waals surface area contributed by atoms with Gasteiger partial charge in [0.05, 0.1) is 17.0 Å². The van der Waals surface area contributed by atoms with E-state index in [4.69, 9.17) is 23.2 Å². The molecular formula is C16H20Cl2N4O3S3. The largest absolute Gasteiger partial charge is 0.299 e. The van der Waals surface area contributed by atoms with Gasteiger partial charge in [0, 0.05) is 10.8 Å². The molecule has 1 amide bonds. The average molecular weight is 483 g/mol. The number of nitrogens with one attached hydrogen (secondary N) is 1. The van der Waals surface area contributed by atoms with E-state index < -0.39 is 22.0 Å². The van der Waals surface area contributed by atoms with Crippen LogP contribution in [0.15, 0.2) is 22.5 Å². The third-order valence-corrected chi connectivity index (χ3v) is 7.44. The van der Waals surface area contributed by atoms with Crippen LogP contribution in [0, 0.1) is 0 Å². The number of carbonyl (C=O) groups is 1. The van der Waals surface area contributed by atoms with E-state index in [1.54, 1.807) is 24.8 Å². The van der Waals surface area contributed by atoms with Crippen molar-refractivity contribution < 1.29 is 13.2 Å². The average Bonchev–Trinajstić information content (AvgIpc) is 3.06. The summed E-state index contributed by atoms with van der Waals surface area (Å²) in [5.74, 6) is 0.377. The Hall–Kier alpha value is -1.07. The highest BCUT2D eigenvalue weighted by atomic mass is 35.5. The molecule has 1 aromatic carbocycles. The molecule has 7 nitrogen and oxygen atoms in total. The predicted octanol–water partition coefficient (Wildman–Crippen LogP) is 4.53. The minimum absolute atomic E-state index is 0.148. The van der Waals surface area contributed by atoms with E-state index >= 15 is 0 Å². The van der Waals surface area contributed by atoms with Crippen LogP contribution in [-0.2, 0) is 14.8 Å². The summed E-state index contributed by atoms with van der Waals surface area (Å²) in [5.41, 5.74) is 0.148. The molecule has 0 radical (unpaired) electrons. The molecule has 154 valence electrons. The van der Waals surface area contributed by atoms with Gasteiger partial charge in [-0.15, -0.1) is 10.2 Å². The number of rotatable bonds is 9. The smallest absolute Gasteiger partial charge is 0.250 e. The number of aromatic nitrogens is 2. The topological polar surface area (TPSA) is 92.3 Å². The van der Waals surface area contributed by atoms with Gasteiger partial charge in [-0.05, 0) is 31.0 Å². The molecule has 0 aliphatic carbocycles. The van der Waals surface area contributed by atoms with Crippen LogP contribution < -0.4 is 9.62 Å². The molecule has 0 saturated carbocycles. The van der Waals surface area contributed by atoms with Crippen molar-refractivity contribution in [1.82, 2.24) is 10.2 Å². The Morgan fingerprint density at radius 1 is 1.32 bits per heavy atom. The molecular weight excluding hydrogens is 463 g/mol. The molecule has 28 heavy (non-hydrogen) atoms. The van der Waals surface area contributed by atoms with Gasteiger partial charge >= 0.3 is 0 Å². The summed E-state index contributed by atoms with van der Waals surface area (Å²) in [6.45, 7) is 3.77. The number of benzene rings is 1. The molecule has 0 fully saturated rings. The van der Waals surface area contributed by atoms with Crippen LogP contribution in [0.2, 0.25) is 10.0 Å². The van der Waals surface area contributed by atoms with E-state index in [1.165, 1.54) is 23.5 Å². The standard InChI is InChI=1S/C16H20Cl2N4O3S3/c1-4-8-26-16-21-20-15(27-16)19-14(23)12(5-2)22(28(3,24)25)13-9-10(17)6-7-11(13)18/h6-7,9,12H,4-5,8H2,1-3H3,(H,19,20,23)/t12-/m0/s1. The summed E-state index contributed by atoms with van der Waals surface area (Å²) in [6.07, 6.45) is 2.23. The lowest BCUT2D eigenvalue weighted by Crippen LogP contribution is -2.47. The number of anilines is 2. The second-order valence-corrected chi connectivity index (χ2v) is 10.8. The molecule has 0 aliphatic rings. The van der Waals surface area contributed by atoms with Crippen molar-refractivity contribution in [3.05, 3.63) is 28.2 Å². The van der Waals surface area contributed by atoms with Crippen molar-refractivity contribution in [2.75, 3.05) is 21.6 Å². The number of hydrogen-bond acceptors (Lipinski definition) is 7. The summed E-state index contributed by atoms with van der Waals surface area (Å²) in [5, 5.41) is 11.4. The lowest BCUT2D eigenvalue weighted by Gasteiger charge is -2.30. The molecule has 12 heteroatoms. The maximum absolute atomic E-state index is 12.9. The van der Waals surface area contributed by atoms with E-state index in [9.17, 15) is 13.2 Å². The summed E-state index contributed by atoms with van der Waals surface area (Å²) >= 11 is 15.0. The maximum atomic E-state index is 12.9. The zero-order valence-electron chi connectivity index (χ0n) is 15.5. The lowest BCUT2D eigenvalue weighted by molar-refractivity contribution is -0.117. The van der Waals surface area contributed by atoms with Crippen molar-refractivity contribution in [1.29, 1.82) is 0 Å². The van der Waals surface area contributed by atoms with Crippen molar-refractivity contribution >= 4 is 73.0 Å². The summed E-state index contributed by atoms with van der Waals surface area (Å²) in [7, 11) is -3.82. The molecule has 1 heterocycles. The van der Waals surface area contributed by atoms with Crippen LogP contribution in [0.3, 0.4) is 0 Å². The highest BCUT2D eigenvalue weighted by Crippen LogP contribution is 2.33. The molecule has 1 atom stereocenters. The molecule has 0 bridgehead atoms. The molecule has 2 rings (SSSR count). The maximum Gasteiger partial charge on any atom is 0.250 e. The zero-order chi connectivity index (χ0) is 20.9. The fourth-order valence-corrected chi connectivity index (χ4v) is 5.71. The molecule has 1 N–H and O–H groups in total. The summed E-state index contributed by atoms with van der Waals surface area (Å²) in [4.78, 5) is 12.9. The Morgan fingerprint density at radius 2 is 2.04 bits per heavy atom. The Morgan fingerprint density at radius 3 is 2.64 bits per heavy atom. The van der Waals surface area contributed by atoms with Crippen LogP contribution in [0.4, 0.5) is 10.8 Å². The first-order chi connectivity index (χ1) is 13.2. The van der Waals surface area contributed by atoms with Crippen LogP contribution in [0.5, 0.6) is 0 Å². The number of thioether (sulfide) groups is 1. The second kappa shape index (κ2) is 10.1. The van der Waals surface area contributed by atoms with Crippen LogP contribution in [-0.4, -0.2) is 42.6 Å². The minimum Gasteiger partial charge on any atom is -0.299 e. The third kappa shape index (κ3) is 5.96. The van der Waals surface area contributed by atoms with E-state index in [0.717, 1.165) is 27.1 Å². The normalized spacial score (nSPS) is 12.6. The fraction of sp³-hybridized carbons (Fsp3) is 0.438. The number of sulfonamides is 1. The van der Waals surface area contributed by atoms with Gasteiger partial charge in [-0.3, -0.25) is 14.4 Å². The Balaban J connectivity index is 2.32. The number of halogens is 2. The van der Waals surface area contributed by atoms with E-state index in [-0.39, 0.29) is 17.1 Å². The SMILES string of the molecule is CCCSc1nnc(NC(=O)[C@H](CC)N(c2cc(Cl)ccc2Cl)S(C)(=O)=O)s1. The molecule has 0 unspecified atom stereocenters. The van der Waals surface area contributed by atoms with Gasteiger partial charge < -0.3 is 0 Å². The Bertz CT molecular complexity index is 937. The van der Waals surface area contributed by atoms with Crippen LogP contribution in [0.1, 0.15) is 26.7 Å². The van der Waals surface area contributed by atoms with Crippen molar-refractivity contribution in [2.45, 2.75) is 37.1 Å². The zero-order valence-corrected chi connectivity index (χ0v) is 19.4. The third-order valence-electron chi connectivity index (χ3n) is 3.54. The summed E-state index contributed by atoms with van der Waals surface area (Å²) < 4.78 is 26.7. The van der Waals surface area contributed by atoms with Gasteiger partial charge in [-0.25, -0.2) is 8.42 Å². The molecule has 0 spiro atoms. The quantitative estimate of drug-likeness (QED) is 0.416. The molecule has 0 aliphatic heterocycles. The first kappa shape index (κ1) is 23.2. The number of carbonyl (C=O) groups excluding carboxylic acids is 1. The summed E-state index contributed by atoms with van der Waals surface area (Å²) in [6, 6.07) is 3.43.